The van der Waals surface area contributed by atoms with Crippen molar-refractivity contribution in [2.45, 2.75) is 0 Å². The van der Waals surface area contributed by atoms with Gasteiger partial charge in [0.2, 0.25) is 0 Å². The molecule has 8 aromatic carbocycles. The number of furan rings is 1. The zero-order chi connectivity index (χ0) is 37.5. The summed E-state index contributed by atoms with van der Waals surface area (Å²) >= 11 is 3.72. The molecule has 0 spiro atoms. The van der Waals surface area contributed by atoms with Crippen molar-refractivity contribution in [3.05, 3.63) is 176 Å². The summed E-state index contributed by atoms with van der Waals surface area (Å²) in [6, 6.07) is 62.1. The molecular formula is C51H29N3OS2. The number of nitrogens with zero attached hydrogens (tertiary/aromatic N) is 3. The Balaban J connectivity index is 1.04. The first kappa shape index (κ1) is 32.3. The van der Waals surface area contributed by atoms with Gasteiger partial charge in [-0.15, -0.1) is 22.7 Å². The lowest BCUT2D eigenvalue weighted by Crippen LogP contribution is -2.00. The fourth-order valence-electron chi connectivity index (χ4n) is 8.19. The minimum Gasteiger partial charge on any atom is -0.455 e. The maximum atomic E-state index is 6.88. The molecule has 0 aliphatic heterocycles. The molecule has 0 saturated heterocycles. The van der Waals surface area contributed by atoms with Crippen molar-refractivity contribution in [2.24, 2.45) is 0 Å². The maximum Gasteiger partial charge on any atom is 0.164 e. The highest BCUT2D eigenvalue weighted by molar-refractivity contribution is 7.26. The van der Waals surface area contributed by atoms with Gasteiger partial charge in [0.15, 0.2) is 17.5 Å². The van der Waals surface area contributed by atoms with Crippen molar-refractivity contribution in [2.75, 3.05) is 0 Å². The SMILES string of the molecule is c1ccc(-c2nc(-c3ccccc3)nc(-c3ccc4c(c3)oc3c(-c5cc(-c6ccc7sc8ccccc8c7c6)c6sc7ccccc7c6c5)cccc34)n2)cc1. The van der Waals surface area contributed by atoms with Crippen molar-refractivity contribution in [1.29, 1.82) is 0 Å². The average Bonchev–Trinajstić information content (AvgIpc) is 3.97. The minimum absolute atomic E-state index is 0.597. The van der Waals surface area contributed by atoms with E-state index in [-0.39, 0.29) is 0 Å². The third-order valence-electron chi connectivity index (χ3n) is 10.9. The molecule has 0 aliphatic rings. The molecule has 12 aromatic rings. The summed E-state index contributed by atoms with van der Waals surface area (Å²) in [5, 5.41) is 7.25. The highest BCUT2D eigenvalue weighted by atomic mass is 32.1. The van der Waals surface area contributed by atoms with E-state index in [4.69, 9.17) is 19.4 Å². The molecule has 0 unspecified atom stereocenters. The molecule has 0 bridgehead atoms. The van der Waals surface area contributed by atoms with Gasteiger partial charge in [0.25, 0.3) is 0 Å². The Hall–Kier alpha value is -6.99. The van der Waals surface area contributed by atoms with Crippen LogP contribution < -0.4 is 0 Å². The molecule has 4 nitrogen and oxygen atoms in total. The zero-order valence-corrected chi connectivity index (χ0v) is 31.9. The van der Waals surface area contributed by atoms with Crippen LogP contribution in [-0.2, 0) is 0 Å². The summed E-state index contributed by atoms with van der Waals surface area (Å²) < 4.78 is 12.1. The maximum absolute atomic E-state index is 6.88. The molecule has 0 N–H and O–H groups in total. The van der Waals surface area contributed by atoms with Gasteiger partial charge >= 0.3 is 0 Å². The van der Waals surface area contributed by atoms with Gasteiger partial charge in [0.1, 0.15) is 11.2 Å². The van der Waals surface area contributed by atoms with Crippen LogP contribution in [0.4, 0.5) is 0 Å². The Kier molecular flexibility index (Phi) is 7.24. The summed E-state index contributed by atoms with van der Waals surface area (Å²) in [6.07, 6.45) is 0. The number of aromatic nitrogens is 3. The van der Waals surface area contributed by atoms with Crippen LogP contribution in [-0.4, -0.2) is 15.0 Å². The number of para-hydroxylation sites is 1. The monoisotopic (exact) mass is 763 g/mol. The smallest absolute Gasteiger partial charge is 0.164 e. The molecule has 0 atom stereocenters. The van der Waals surface area contributed by atoms with Crippen molar-refractivity contribution in [3.63, 3.8) is 0 Å². The van der Waals surface area contributed by atoms with Crippen molar-refractivity contribution < 1.29 is 4.42 Å². The van der Waals surface area contributed by atoms with Gasteiger partial charge in [-0.3, -0.25) is 0 Å². The van der Waals surface area contributed by atoms with Gasteiger partial charge in [-0.1, -0.05) is 127 Å². The molecule has 0 aliphatic carbocycles. The van der Waals surface area contributed by atoms with Gasteiger partial charge in [-0.05, 0) is 59.7 Å². The quantitative estimate of drug-likeness (QED) is 0.175. The zero-order valence-electron chi connectivity index (χ0n) is 30.3. The second-order valence-corrected chi connectivity index (χ2v) is 16.5. The molecule has 57 heavy (non-hydrogen) atoms. The van der Waals surface area contributed by atoms with Crippen LogP contribution in [0.15, 0.2) is 180 Å². The highest BCUT2D eigenvalue weighted by Crippen LogP contribution is 2.46. The molecule has 12 rings (SSSR count). The lowest BCUT2D eigenvalue weighted by atomic mass is 9.94. The predicted molar refractivity (Wildman–Crippen MR) is 240 cm³/mol. The van der Waals surface area contributed by atoms with E-state index >= 15 is 0 Å². The number of benzene rings is 8. The molecular weight excluding hydrogens is 735 g/mol. The fourth-order valence-corrected chi connectivity index (χ4v) is 10.5. The molecule has 4 heterocycles. The normalized spacial score (nSPS) is 11.9. The first-order valence-electron chi connectivity index (χ1n) is 18.9. The first-order valence-corrected chi connectivity index (χ1v) is 20.6. The van der Waals surface area contributed by atoms with Crippen molar-refractivity contribution in [3.8, 4) is 56.4 Å². The average molecular weight is 764 g/mol. The van der Waals surface area contributed by atoms with E-state index in [2.05, 4.69) is 115 Å². The second kappa shape index (κ2) is 12.8. The number of fused-ring (bicyclic) bond motifs is 9. The number of hydrogen-bond acceptors (Lipinski definition) is 6. The standard InChI is InChI=1S/C51H29N3OS2/c1-3-12-30(13-4-1)49-52-50(31-14-5-2-6-15-31)54-51(53-49)33-22-24-36-39-19-11-18-35(47(39)55-43(36)29-33)34-27-40(48-42(28-34)38-17-8-10-21-45(38)57-48)32-23-25-46-41(26-32)37-16-7-9-20-44(37)56-46/h1-29H. The summed E-state index contributed by atoms with van der Waals surface area (Å²) in [4.78, 5) is 14.9. The van der Waals surface area contributed by atoms with Crippen LogP contribution in [0, 0.1) is 0 Å². The lowest BCUT2D eigenvalue weighted by molar-refractivity contribution is 0.670. The van der Waals surface area contributed by atoms with E-state index in [1.165, 1.54) is 51.5 Å². The van der Waals surface area contributed by atoms with Crippen LogP contribution in [0.25, 0.3) is 119 Å². The largest absolute Gasteiger partial charge is 0.455 e. The molecule has 0 radical (unpaired) electrons. The van der Waals surface area contributed by atoms with Gasteiger partial charge in [-0.25, -0.2) is 15.0 Å². The van der Waals surface area contributed by atoms with Gasteiger partial charge in [0, 0.05) is 78.9 Å². The Bertz CT molecular complexity index is 3470. The van der Waals surface area contributed by atoms with Crippen LogP contribution in [0.3, 0.4) is 0 Å². The van der Waals surface area contributed by atoms with E-state index in [0.717, 1.165) is 49.8 Å². The van der Waals surface area contributed by atoms with Gasteiger partial charge in [0.05, 0.1) is 0 Å². The minimum atomic E-state index is 0.597. The van der Waals surface area contributed by atoms with Crippen LogP contribution >= 0.6 is 22.7 Å². The Morgan fingerprint density at radius 3 is 1.65 bits per heavy atom. The summed E-state index contributed by atoms with van der Waals surface area (Å²) in [5.74, 6) is 1.86. The molecule has 6 heteroatoms. The molecule has 0 fully saturated rings. The van der Waals surface area contributed by atoms with Crippen LogP contribution in [0.2, 0.25) is 0 Å². The van der Waals surface area contributed by atoms with Gasteiger partial charge < -0.3 is 4.42 Å². The third-order valence-corrected chi connectivity index (χ3v) is 13.3. The Labute approximate surface area is 335 Å². The van der Waals surface area contributed by atoms with Gasteiger partial charge in [-0.2, -0.15) is 0 Å². The predicted octanol–water partition coefficient (Wildman–Crippen LogP) is 14.8. The Morgan fingerprint density at radius 1 is 0.333 bits per heavy atom. The van der Waals surface area contributed by atoms with Crippen molar-refractivity contribution >= 4 is 85.0 Å². The number of hydrogen-bond donors (Lipinski definition) is 0. The number of thiophene rings is 2. The van der Waals surface area contributed by atoms with E-state index in [0.29, 0.717) is 17.5 Å². The van der Waals surface area contributed by atoms with E-state index in [1.54, 1.807) is 0 Å². The fraction of sp³-hybridized carbons (Fsp3) is 0. The van der Waals surface area contributed by atoms with E-state index in [9.17, 15) is 0 Å². The van der Waals surface area contributed by atoms with E-state index in [1.807, 2.05) is 83.3 Å². The first-order chi connectivity index (χ1) is 28.2. The number of rotatable bonds is 5. The van der Waals surface area contributed by atoms with E-state index < -0.39 is 0 Å². The molecule has 0 saturated carbocycles. The lowest BCUT2D eigenvalue weighted by Gasteiger charge is -2.10. The van der Waals surface area contributed by atoms with Crippen LogP contribution in [0.5, 0.6) is 0 Å². The summed E-state index contributed by atoms with van der Waals surface area (Å²) in [6.45, 7) is 0. The second-order valence-electron chi connectivity index (χ2n) is 14.3. The molecule has 0 amide bonds. The summed E-state index contributed by atoms with van der Waals surface area (Å²) in [7, 11) is 0. The molecule has 266 valence electrons. The Morgan fingerprint density at radius 2 is 0.912 bits per heavy atom. The highest BCUT2D eigenvalue weighted by Gasteiger charge is 2.19. The topological polar surface area (TPSA) is 51.8 Å². The summed E-state index contributed by atoms with van der Waals surface area (Å²) in [5.41, 5.74) is 9.01. The van der Waals surface area contributed by atoms with Crippen LogP contribution in [0.1, 0.15) is 0 Å². The third kappa shape index (κ3) is 5.30. The molecule has 4 aromatic heterocycles. The van der Waals surface area contributed by atoms with Crippen molar-refractivity contribution in [1.82, 2.24) is 15.0 Å².